The van der Waals surface area contributed by atoms with Gasteiger partial charge in [0.1, 0.15) is 11.5 Å². The molecular formula is C11H15NO4S. The Morgan fingerprint density at radius 3 is 2.35 bits per heavy atom. The molecule has 94 valence electrons. The SMILES string of the molecule is COc1ccc(CNC(=O)CS(C)(=O)=O)cc1. The largest absolute Gasteiger partial charge is 0.497 e. The first-order valence-electron chi connectivity index (χ1n) is 4.98. The molecule has 0 spiro atoms. The lowest BCUT2D eigenvalue weighted by Gasteiger charge is -2.05. The molecule has 0 radical (unpaired) electrons. The highest BCUT2D eigenvalue weighted by Gasteiger charge is 2.09. The molecule has 0 aliphatic rings. The van der Waals surface area contributed by atoms with Gasteiger partial charge in [0.2, 0.25) is 5.91 Å². The number of ether oxygens (including phenoxy) is 1. The maximum Gasteiger partial charge on any atom is 0.235 e. The second-order valence-electron chi connectivity index (χ2n) is 3.69. The van der Waals surface area contributed by atoms with Crippen molar-refractivity contribution in [1.29, 1.82) is 0 Å². The maximum atomic E-state index is 11.2. The molecule has 0 aliphatic heterocycles. The van der Waals surface area contributed by atoms with E-state index < -0.39 is 21.5 Å². The Labute approximate surface area is 101 Å². The zero-order valence-electron chi connectivity index (χ0n) is 9.76. The number of sulfone groups is 1. The third kappa shape index (κ3) is 5.35. The van der Waals surface area contributed by atoms with E-state index in [0.29, 0.717) is 6.54 Å². The van der Waals surface area contributed by atoms with Crippen LogP contribution in [-0.4, -0.2) is 33.4 Å². The highest BCUT2D eigenvalue weighted by molar-refractivity contribution is 7.91. The standard InChI is InChI=1S/C11H15NO4S/c1-16-10-5-3-9(4-6-10)7-12-11(13)8-17(2,14)15/h3-6H,7-8H2,1-2H3,(H,12,13). The van der Waals surface area contributed by atoms with Crippen molar-refractivity contribution in [1.82, 2.24) is 5.32 Å². The zero-order valence-corrected chi connectivity index (χ0v) is 10.6. The number of hydrogen-bond donors (Lipinski definition) is 1. The van der Waals surface area contributed by atoms with Crippen LogP contribution in [-0.2, 0) is 21.2 Å². The number of hydrogen-bond acceptors (Lipinski definition) is 4. The molecule has 0 saturated carbocycles. The molecule has 1 aromatic carbocycles. The summed E-state index contributed by atoms with van der Waals surface area (Å²) >= 11 is 0. The number of methoxy groups -OCH3 is 1. The fourth-order valence-corrected chi connectivity index (χ4v) is 1.81. The van der Waals surface area contributed by atoms with Crippen molar-refractivity contribution in [2.24, 2.45) is 0 Å². The van der Waals surface area contributed by atoms with E-state index in [0.717, 1.165) is 17.6 Å². The molecule has 0 heterocycles. The summed E-state index contributed by atoms with van der Waals surface area (Å²) in [5.74, 6) is -0.247. The predicted molar refractivity (Wildman–Crippen MR) is 64.6 cm³/mol. The quantitative estimate of drug-likeness (QED) is 0.826. The Kier molecular flexibility index (Phi) is 4.51. The lowest BCUT2D eigenvalue weighted by atomic mass is 10.2. The Hall–Kier alpha value is -1.56. The van der Waals surface area contributed by atoms with Crippen LogP contribution < -0.4 is 10.1 Å². The third-order valence-electron chi connectivity index (χ3n) is 2.04. The smallest absolute Gasteiger partial charge is 0.235 e. The monoisotopic (exact) mass is 257 g/mol. The molecular weight excluding hydrogens is 242 g/mol. The van der Waals surface area contributed by atoms with E-state index >= 15 is 0 Å². The van der Waals surface area contributed by atoms with Crippen LogP contribution >= 0.6 is 0 Å². The Bertz CT molecular complexity index is 479. The lowest BCUT2D eigenvalue weighted by molar-refractivity contribution is -0.118. The van der Waals surface area contributed by atoms with E-state index in [1.807, 2.05) is 0 Å². The maximum absolute atomic E-state index is 11.2. The molecule has 0 saturated heterocycles. The zero-order chi connectivity index (χ0) is 12.9. The van der Waals surface area contributed by atoms with Crippen LogP contribution in [0.25, 0.3) is 0 Å². The van der Waals surface area contributed by atoms with Crippen molar-refractivity contribution < 1.29 is 17.9 Å². The van der Waals surface area contributed by atoms with Crippen molar-refractivity contribution >= 4 is 15.7 Å². The molecule has 6 heteroatoms. The van der Waals surface area contributed by atoms with Gasteiger partial charge in [0.25, 0.3) is 0 Å². The molecule has 0 fully saturated rings. The first-order valence-corrected chi connectivity index (χ1v) is 7.04. The fraction of sp³-hybridized carbons (Fsp3) is 0.364. The van der Waals surface area contributed by atoms with E-state index in [-0.39, 0.29) is 0 Å². The third-order valence-corrected chi connectivity index (χ3v) is 2.83. The van der Waals surface area contributed by atoms with Crippen molar-refractivity contribution in [3.63, 3.8) is 0 Å². The minimum atomic E-state index is -3.27. The van der Waals surface area contributed by atoms with Crippen molar-refractivity contribution in [2.75, 3.05) is 19.1 Å². The number of carbonyl (C=O) groups is 1. The number of rotatable bonds is 5. The normalized spacial score (nSPS) is 10.9. The second-order valence-corrected chi connectivity index (χ2v) is 5.84. The molecule has 5 nitrogen and oxygen atoms in total. The molecule has 0 bridgehead atoms. The minimum Gasteiger partial charge on any atom is -0.497 e. The molecule has 17 heavy (non-hydrogen) atoms. The van der Waals surface area contributed by atoms with Crippen LogP contribution in [0.1, 0.15) is 5.56 Å². The molecule has 1 rings (SSSR count). The first-order chi connectivity index (χ1) is 7.90. The topological polar surface area (TPSA) is 72.5 Å². The van der Waals surface area contributed by atoms with Crippen molar-refractivity contribution in [3.8, 4) is 5.75 Å². The molecule has 1 amide bonds. The lowest BCUT2D eigenvalue weighted by Crippen LogP contribution is -2.29. The molecule has 0 atom stereocenters. The van der Waals surface area contributed by atoms with Crippen LogP contribution in [0.3, 0.4) is 0 Å². The van der Waals surface area contributed by atoms with E-state index in [4.69, 9.17) is 4.74 Å². The summed E-state index contributed by atoms with van der Waals surface area (Å²) in [5.41, 5.74) is 0.882. The van der Waals surface area contributed by atoms with Gasteiger partial charge >= 0.3 is 0 Å². The number of carbonyl (C=O) groups excluding carboxylic acids is 1. The molecule has 1 N–H and O–H groups in total. The van der Waals surface area contributed by atoms with Crippen LogP contribution in [0, 0.1) is 0 Å². The highest BCUT2D eigenvalue weighted by Crippen LogP contribution is 2.10. The van der Waals surface area contributed by atoms with Gasteiger partial charge in [-0.05, 0) is 17.7 Å². The summed E-state index contributed by atoms with van der Waals surface area (Å²) in [6, 6.07) is 7.16. The highest BCUT2D eigenvalue weighted by atomic mass is 32.2. The van der Waals surface area contributed by atoms with Gasteiger partial charge in [0.05, 0.1) is 7.11 Å². The van der Waals surface area contributed by atoms with Crippen LogP contribution in [0.15, 0.2) is 24.3 Å². The van der Waals surface area contributed by atoms with Gasteiger partial charge < -0.3 is 10.1 Å². The van der Waals surface area contributed by atoms with Gasteiger partial charge in [-0.25, -0.2) is 8.42 Å². The van der Waals surface area contributed by atoms with E-state index in [1.165, 1.54) is 0 Å². The summed E-state index contributed by atoms with van der Waals surface area (Å²) in [6.07, 6.45) is 1.03. The van der Waals surface area contributed by atoms with Gasteiger partial charge in [-0.3, -0.25) is 4.79 Å². The van der Waals surface area contributed by atoms with Crippen molar-refractivity contribution in [3.05, 3.63) is 29.8 Å². The second kappa shape index (κ2) is 5.67. The van der Waals surface area contributed by atoms with Gasteiger partial charge in [0.15, 0.2) is 9.84 Å². The Balaban J connectivity index is 2.47. The molecule has 1 aromatic rings. The number of nitrogens with one attached hydrogen (secondary N) is 1. The first kappa shape index (κ1) is 13.5. The molecule has 0 aromatic heterocycles. The predicted octanol–water partition coefficient (Wildman–Crippen LogP) is 0.356. The van der Waals surface area contributed by atoms with Gasteiger partial charge in [-0.15, -0.1) is 0 Å². The van der Waals surface area contributed by atoms with E-state index in [9.17, 15) is 13.2 Å². The average Bonchev–Trinajstić information content (AvgIpc) is 2.25. The van der Waals surface area contributed by atoms with Crippen LogP contribution in [0.5, 0.6) is 5.75 Å². The Morgan fingerprint density at radius 1 is 1.29 bits per heavy atom. The molecule has 0 aliphatic carbocycles. The van der Waals surface area contributed by atoms with E-state index in [2.05, 4.69) is 5.32 Å². The van der Waals surface area contributed by atoms with Crippen molar-refractivity contribution in [2.45, 2.75) is 6.54 Å². The summed E-state index contributed by atoms with van der Waals surface area (Å²) in [7, 11) is -1.70. The summed E-state index contributed by atoms with van der Waals surface area (Å²) in [4.78, 5) is 11.2. The molecule has 0 unspecified atom stereocenters. The number of amides is 1. The van der Waals surface area contributed by atoms with Gasteiger partial charge in [-0.2, -0.15) is 0 Å². The summed E-state index contributed by atoms with van der Waals surface area (Å²) in [6.45, 7) is 0.304. The summed E-state index contributed by atoms with van der Waals surface area (Å²) < 4.78 is 26.7. The van der Waals surface area contributed by atoms with Crippen LogP contribution in [0.4, 0.5) is 0 Å². The fourth-order valence-electron chi connectivity index (χ4n) is 1.23. The van der Waals surface area contributed by atoms with Gasteiger partial charge in [-0.1, -0.05) is 12.1 Å². The Morgan fingerprint density at radius 2 is 1.88 bits per heavy atom. The van der Waals surface area contributed by atoms with E-state index in [1.54, 1.807) is 31.4 Å². The summed E-state index contributed by atoms with van der Waals surface area (Å²) in [5, 5.41) is 2.53. The minimum absolute atomic E-state index is 0.304. The van der Waals surface area contributed by atoms with Crippen LogP contribution in [0.2, 0.25) is 0 Å². The van der Waals surface area contributed by atoms with Gasteiger partial charge in [0, 0.05) is 12.8 Å². The average molecular weight is 257 g/mol. The number of benzene rings is 1.